The van der Waals surface area contributed by atoms with Gasteiger partial charge in [0.05, 0.1) is 28.0 Å². The molecule has 2 aliphatic rings. The highest BCUT2D eigenvalue weighted by Gasteiger charge is 2.51. The zero-order chi connectivity index (χ0) is 35.6. The van der Waals surface area contributed by atoms with E-state index in [2.05, 4.69) is 181 Å². The summed E-state index contributed by atoms with van der Waals surface area (Å²) in [6, 6.07) is 72.2. The van der Waals surface area contributed by atoms with E-state index in [0.29, 0.717) is 0 Å². The minimum Gasteiger partial charge on any atom is -0.310 e. The molecule has 1 aliphatic heterocycles. The Morgan fingerprint density at radius 1 is 0.370 bits per heavy atom. The van der Waals surface area contributed by atoms with Crippen molar-refractivity contribution >= 4 is 28.0 Å². The van der Waals surface area contributed by atoms with Gasteiger partial charge in [-0.15, -0.1) is 0 Å². The highest BCUT2D eigenvalue weighted by molar-refractivity contribution is 5.98. The summed E-state index contributed by atoms with van der Waals surface area (Å²) in [4.78, 5) is 12.6. The van der Waals surface area contributed by atoms with Crippen molar-refractivity contribution < 1.29 is 0 Å². The van der Waals surface area contributed by atoms with Crippen LogP contribution < -0.4 is 4.90 Å². The molecule has 0 bridgehead atoms. The molecule has 11 rings (SSSR count). The second kappa shape index (κ2) is 12.0. The molecule has 0 radical (unpaired) electrons. The Kier molecular flexibility index (Phi) is 6.77. The van der Waals surface area contributed by atoms with E-state index in [-0.39, 0.29) is 0 Å². The van der Waals surface area contributed by atoms with E-state index in [1.807, 2.05) is 24.3 Å². The first-order valence-corrected chi connectivity index (χ1v) is 18.5. The average molecular weight is 688 g/mol. The fraction of sp³-hybridized carbons (Fsp3) is 0.0196. The predicted octanol–water partition coefficient (Wildman–Crippen LogP) is 12.8. The quantitative estimate of drug-likeness (QED) is 0.184. The van der Waals surface area contributed by atoms with Crippen LogP contribution in [0.25, 0.3) is 55.8 Å². The van der Waals surface area contributed by atoms with Gasteiger partial charge in [0, 0.05) is 22.2 Å². The molecule has 0 saturated carbocycles. The number of fused-ring (bicyclic) bond motifs is 10. The first kappa shape index (κ1) is 30.5. The van der Waals surface area contributed by atoms with Gasteiger partial charge in [-0.3, -0.25) is 0 Å². The maximum absolute atomic E-state index is 5.21. The Bertz CT molecular complexity index is 2850. The summed E-state index contributed by atoms with van der Waals surface area (Å²) >= 11 is 0. The van der Waals surface area contributed by atoms with E-state index in [1.165, 1.54) is 44.8 Å². The number of aromatic nitrogens is 2. The van der Waals surface area contributed by atoms with Crippen LogP contribution in [0.3, 0.4) is 0 Å². The lowest BCUT2D eigenvalue weighted by Gasteiger charge is -2.45. The minimum absolute atomic E-state index is 0.508. The summed E-state index contributed by atoms with van der Waals surface area (Å²) < 4.78 is 0. The molecule has 1 aromatic heterocycles. The normalized spacial score (nSPS) is 13.3. The van der Waals surface area contributed by atoms with Gasteiger partial charge in [-0.1, -0.05) is 158 Å². The van der Waals surface area contributed by atoms with E-state index in [1.54, 1.807) is 0 Å². The van der Waals surface area contributed by atoms with E-state index < -0.39 is 5.41 Å². The maximum atomic E-state index is 5.21. The molecule has 0 atom stereocenters. The molecular weight excluding hydrogens is 655 g/mol. The number of hydrogen-bond donors (Lipinski definition) is 0. The monoisotopic (exact) mass is 687 g/mol. The predicted molar refractivity (Wildman–Crippen MR) is 221 cm³/mol. The molecular formula is C51H33N3. The van der Waals surface area contributed by atoms with Crippen molar-refractivity contribution in [2.24, 2.45) is 0 Å². The molecule has 0 N–H and O–H groups in total. The summed E-state index contributed by atoms with van der Waals surface area (Å²) in [5, 5.41) is 1.04. The van der Waals surface area contributed by atoms with Gasteiger partial charge in [-0.05, 0) is 87.0 Å². The van der Waals surface area contributed by atoms with Crippen molar-refractivity contribution in [3.8, 4) is 44.9 Å². The topological polar surface area (TPSA) is 29.0 Å². The Hall–Kier alpha value is -7.10. The third-order valence-electron chi connectivity index (χ3n) is 11.3. The van der Waals surface area contributed by atoms with E-state index >= 15 is 0 Å². The van der Waals surface area contributed by atoms with Gasteiger partial charge in [0.2, 0.25) is 0 Å². The van der Waals surface area contributed by atoms with Crippen LogP contribution in [-0.2, 0) is 5.41 Å². The van der Waals surface area contributed by atoms with Crippen molar-refractivity contribution in [2.45, 2.75) is 5.41 Å². The third-order valence-corrected chi connectivity index (χ3v) is 11.3. The molecule has 0 fully saturated rings. The van der Waals surface area contributed by atoms with Crippen molar-refractivity contribution in [1.29, 1.82) is 0 Å². The Morgan fingerprint density at radius 2 is 0.944 bits per heavy atom. The van der Waals surface area contributed by atoms with Gasteiger partial charge >= 0.3 is 0 Å². The molecule has 2 heterocycles. The molecule has 3 heteroatoms. The highest BCUT2D eigenvalue weighted by Crippen LogP contribution is 2.63. The number of benzene rings is 8. The summed E-state index contributed by atoms with van der Waals surface area (Å²) in [5.41, 5.74) is 17.0. The zero-order valence-corrected chi connectivity index (χ0v) is 29.4. The Morgan fingerprint density at radius 3 is 1.72 bits per heavy atom. The van der Waals surface area contributed by atoms with Crippen LogP contribution in [-0.4, -0.2) is 9.97 Å². The lowest BCUT2D eigenvalue weighted by Crippen LogP contribution is -2.36. The number of para-hydroxylation sites is 3. The van der Waals surface area contributed by atoms with Crippen molar-refractivity contribution in [3.63, 3.8) is 0 Å². The lowest BCUT2D eigenvalue weighted by molar-refractivity contribution is 0.753. The van der Waals surface area contributed by atoms with Crippen LogP contribution in [0, 0.1) is 0 Å². The van der Waals surface area contributed by atoms with E-state index in [0.717, 1.165) is 50.4 Å². The van der Waals surface area contributed by atoms with E-state index in [9.17, 15) is 0 Å². The van der Waals surface area contributed by atoms with Gasteiger partial charge in [0.25, 0.3) is 0 Å². The van der Waals surface area contributed by atoms with Crippen molar-refractivity contribution in [1.82, 2.24) is 9.97 Å². The number of rotatable bonds is 4. The molecule has 3 nitrogen and oxygen atoms in total. The zero-order valence-electron chi connectivity index (χ0n) is 29.4. The molecule has 8 aromatic carbocycles. The van der Waals surface area contributed by atoms with Gasteiger partial charge in [0.15, 0.2) is 5.82 Å². The minimum atomic E-state index is -0.508. The van der Waals surface area contributed by atoms with E-state index in [4.69, 9.17) is 9.97 Å². The molecule has 0 unspecified atom stereocenters. The average Bonchev–Trinajstić information content (AvgIpc) is 3.55. The van der Waals surface area contributed by atoms with Crippen molar-refractivity contribution in [3.05, 3.63) is 222 Å². The molecule has 9 aromatic rings. The van der Waals surface area contributed by atoms with Crippen LogP contribution in [0.5, 0.6) is 0 Å². The molecule has 54 heavy (non-hydrogen) atoms. The second-order valence-electron chi connectivity index (χ2n) is 14.1. The van der Waals surface area contributed by atoms with Crippen molar-refractivity contribution in [2.75, 3.05) is 4.90 Å². The summed E-state index contributed by atoms with van der Waals surface area (Å²) in [6.07, 6.45) is 0. The maximum Gasteiger partial charge on any atom is 0.160 e. The van der Waals surface area contributed by atoms with Crippen LogP contribution in [0.4, 0.5) is 17.1 Å². The molecule has 1 spiro atoms. The number of hydrogen-bond acceptors (Lipinski definition) is 3. The lowest BCUT2D eigenvalue weighted by atomic mass is 9.64. The number of anilines is 3. The fourth-order valence-electron chi connectivity index (χ4n) is 9.00. The van der Waals surface area contributed by atoms with Gasteiger partial charge in [-0.2, -0.15) is 0 Å². The SMILES string of the molecule is c1ccc(-c2nc(-c3cccc(-c4ccc5c(c4)C4(c6ccccc6-c6ccccc64)c4ccccc4N5c4ccccc4)c3)c3ccccc3n2)cc1. The van der Waals surface area contributed by atoms with Gasteiger partial charge < -0.3 is 4.90 Å². The molecule has 252 valence electrons. The first-order chi connectivity index (χ1) is 26.8. The molecule has 0 saturated heterocycles. The smallest absolute Gasteiger partial charge is 0.160 e. The second-order valence-corrected chi connectivity index (χ2v) is 14.1. The first-order valence-electron chi connectivity index (χ1n) is 18.5. The summed E-state index contributed by atoms with van der Waals surface area (Å²) in [6.45, 7) is 0. The molecule has 1 aliphatic carbocycles. The summed E-state index contributed by atoms with van der Waals surface area (Å²) in [7, 11) is 0. The Balaban J connectivity index is 1.16. The standard InChI is InChI=1S/C51H33N3/c1-3-16-34(17-4-1)50-52-46-28-13-9-24-41(46)49(53-50)37-19-15-18-35(32-37)36-30-31-48-45(33-36)51(42-25-10-7-22-39(42)40-23-8-11-26-43(40)51)44-27-12-14-29-47(44)54(48)38-20-5-2-6-21-38/h1-33H. The van der Waals surface area contributed by atoms with Gasteiger partial charge in [-0.25, -0.2) is 9.97 Å². The molecule has 0 amide bonds. The van der Waals surface area contributed by atoms with Crippen LogP contribution in [0.2, 0.25) is 0 Å². The Labute approximate surface area is 314 Å². The largest absolute Gasteiger partial charge is 0.310 e. The fourth-order valence-corrected chi connectivity index (χ4v) is 9.00. The number of nitrogens with zero attached hydrogens (tertiary/aromatic N) is 3. The summed E-state index contributed by atoms with van der Waals surface area (Å²) in [5.74, 6) is 0.726. The van der Waals surface area contributed by atoms with Gasteiger partial charge in [0.1, 0.15) is 0 Å². The third kappa shape index (κ3) is 4.42. The van der Waals surface area contributed by atoms with Crippen LogP contribution >= 0.6 is 0 Å². The van der Waals surface area contributed by atoms with Crippen LogP contribution in [0.1, 0.15) is 22.3 Å². The highest BCUT2D eigenvalue weighted by atomic mass is 15.2. The van der Waals surface area contributed by atoms with Crippen LogP contribution in [0.15, 0.2) is 200 Å².